The minimum absolute atomic E-state index is 0.0332. The van der Waals surface area contributed by atoms with E-state index in [9.17, 15) is 9.59 Å². The van der Waals surface area contributed by atoms with Gasteiger partial charge >= 0.3 is 0 Å². The summed E-state index contributed by atoms with van der Waals surface area (Å²) in [6.45, 7) is 2.01. The normalized spacial score (nSPS) is 21.0. The van der Waals surface area contributed by atoms with E-state index in [-0.39, 0.29) is 23.2 Å². The van der Waals surface area contributed by atoms with Gasteiger partial charge in [-0.2, -0.15) is 0 Å². The van der Waals surface area contributed by atoms with Gasteiger partial charge in [0.05, 0.1) is 6.04 Å². The number of para-hydroxylation sites is 2. The van der Waals surface area contributed by atoms with Crippen LogP contribution in [0.3, 0.4) is 0 Å². The maximum absolute atomic E-state index is 13.0. The molecule has 0 bridgehead atoms. The summed E-state index contributed by atoms with van der Waals surface area (Å²) in [5.41, 5.74) is 4.56. The second-order valence-corrected chi connectivity index (χ2v) is 6.71. The molecule has 0 fully saturated rings. The molecule has 2 aromatic carbocycles. The summed E-state index contributed by atoms with van der Waals surface area (Å²) in [7, 11) is 0. The van der Waals surface area contributed by atoms with Crippen LogP contribution in [-0.4, -0.2) is 16.8 Å². The minimum Gasteiger partial charge on any atom is -0.377 e. The van der Waals surface area contributed by atoms with Crippen LogP contribution in [0.4, 0.5) is 5.69 Å². The number of ketones is 1. The van der Waals surface area contributed by atoms with Gasteiger partial charge in [-0.15, -0.1) is 0 Å². The lowest BCUT2D eigenvalue weighted by atomic mass is 9.76. The molecule has 3 aromatic rings. The molecule has 1 aromatic heterocycles. The Morgan fingerprint density at radius 3 is 2.60 bits per heavy atom. The number of carbonyl (C=O) groups is 1. The van der Waals surface area contributed by atoms with E-state index in [2.05, 4.69) is 10.3 Å². The molecule has 4 heteroatoms. The number of benzene rings is 2. The first-order valence-electron chi connectivity index (χ1n) is 8.42. The van der Waals surface area contributed by atoms with Crippen molar-refractivity contribution in [3.63, 3.8) is 0 Å². The van der Waals surface area contributed by atoms with Crippen molar-refractivity contribution in [2.75, 3.05) is 5.32 Å². The highest BCUT2D eigenvalue weighted by atomic mass is 16.1. The summed E-state index contributed by atoms with van der Waals surface area (Å²) in [4.78, 5) is 29.3. The third-order valence-electron chi connectivity index (χ3n) is 5.31. The first kappa shape index (κ1) is 14.2. The van der Waals surface area contributed by atoms with Crippen molar-refractivity contribution in [3.8, 4) is 0 Å². The summed E-state index contributed by atoms with van der Waals surface area (Å²) in [6, 6.07) is 14.9. The molecule has 0 radical (unpaired) electrons. The molecule has 0 spiro atoms. The van der Waals surface area contributed by atoms with Gasteiger partial charge in [0, 0.05) is 44.9 Å². The van der Waals surface area contributed by atoms with E-state index in [0.29, 0.717) is 16.5 Å². The van der Waals surface area contributed by atoms with E-state index in [4.69, 9.17) is 0 Å². The zero-order chi connectivity index (χ0) is 17.1. The molecule has 0 amide bonds. The molecule has 2 heterocycles. The molecule has 122 valence electrons. The van der Waals surface area contributed by atoms with E-state index in [1.807, 2.05) is 61.5 Å². The highest BCUT2D eigenvalue weighted by molar-refractivity contribution is 6.17. The Hall–Kier alpha value is -3.14. The van der Waals surface area contributed by atoms with Crippen LogP contribution in [0.15, 0.2) is 58.9 Å². The second-order valence-electron chi connectivity index (χ2n) is 6.71. The zero-order valence-corrected chi connectivity index (χ0v) is 13.7. The predicted molar refractivity (Wildman–Crippen MR) is 99.1 cm³/mol. The van der Waals surface area contributed by atoms with E-state index in [0.717, 1.165) is 22.5 Å². The summed E-state index contributed by atoms with van der Waals surface area (Å²) >= 11 is 0. The van der Waals surface area contributed by atoms with Crippen molar-refractivity contribution in [1.82, 2.24) is 4.98 Å². The van der Waals surface area contributed by atoms with E-state index in [1.165, 1.54) is 0 Å². The predicted octanol–water partition coefficient (Wildman–Crippen LogP) is 3.71. The standard InChI is InChI=1S/C21H16N2O2/c1-11-18-17(22-15-8-4-3-7-13(15)21(18)25)10-14-19(11)23-16-9-5-2-6-12(16)20(14)24/h2-11,19,23H,1H3,(H,22,25). The average Bonchev–Trinajstić information content (AvgIpc) is 2.63. The van der Waals surface area contributed by atoms with Gasteiger partial charge in [0.15, 0.2) is 11.2 Å². The Bertz CT molecular complexity index is 1140. The monoisotopic (exact) mass is 328 g/mol. The average molecular weight is 328 g/mol. The number of hydrogen-bond acceptors (Lipinski definition) is 3. The summed E-state index contributed by atoms with van der Waals surface area (Å²) in [5, 5.41) is 4.14. The van der Waals surface area contributed by atoms with Gasteiger partial charge < -0.3 is 10.3 Å². The Balaban J connectivity index is 1.79. The van der Waals surface area contributed by atoms with Gasteiger partial charge in [-0.25, -0.2) is 0 Å². The molecule has 2 aliphatic rings. The van der Waals surface area contributed by atoms with Crippen molar-refractivity contribution >= 4 is 28.4 Å². The number of pyridine rings is 1. The molecular formula is C21H16N2O2. The number of Topliss-reactive ketones (excluding diaryl/α,β-unsaturated/α-hetero) is 1. The highest BCUT2D eigenvalue weighted by Crippen LogP contribution is 2.39. The van der Waals surface area contributed by atoms with Crippen LogP contribution in [0, 0.1) is 0 Å². The maximum Gasteiger partial charge on any atom is 0.193 e. The van der Waals surface area contributed by atoms with Gasteiger partial charge in [-0.1, -0.05) is 31.2 Å². The summed E-state index contributed by atoms with van der Waals surface area (Å²) in [6.07, 6.45) is 1.85. The third-order valence-corrected chi connectivity index (χ3v) is 5.31. The Morgan fingerprint density at radius 2 is 1.72 bits per heavy atom. The molecule has 1 aliphatic heterocycles. The fourth-order valence-electron chi connectivity index (χ4n) is 4.06. The van der Waals surface area contributed by atoms with Crippen LogP contribution >= 0.6 is 0 Å². The molecule has 5 rings (SSSR count). The van der Waals surface area contributed by atoms with E-state index < -0.39 is 0 Å². The van der Waals surface area contributed by atoms with Crippen LogP contribution in [0.25, 0.3) is 17.0 Å². The Morgan fingerprint density at radius 1 is 0.960 bits per heavy atom. The summed E-state index contributed by atoms with van der Waals surface area (Å²) < 4.78 is 0. The zero-order valence-electron chi connectivity index (χ0n) is 13.7. The number of aromatic nitrogens is 1. The van der Waals surface area contributed by atoms with Crippen molar-refractivity contribution in [3.05, 3.63) is 81.1 Å². The van der Waals surface area contributed by atoms with Crippen LogP contribution in [0.5, 0.6) is 0 Å². The number of anilines is 1. The Labute approximate surface area is 144 Å². The van der Waals surface area contributed by atoms with Gasteiger partial charge in [0.1, 0.15) is 0 Å². The molecule has 2 atom stereocenters. The lowest BCUT2D eigenvalue weighted by Gasteiger charge is -2.36. The Kier molecular flexibility index (Phi) is 2.80. The maximum atomic E-state index is 13.0. The van der Waals surface area contributed by atoms with Crippen LogP contribution in [-0.2, 0) is 0 Å². The third kappa shape index (κ3) is 1.88. The van der Waals surface area contributed by atoms with Crippen molar-refractivity contribution < 1.29 is 4.79 Å². The van der Waals surface area contributed by atoms with E-state index in [1.54, 1.807) is 0 Å². The van der Waals surface area contributed by atoms with Gasteiger partial charge in [0.2, 0.25) is 0 Å². The number of H-pyrrole nitrogens is 1. The largest absolute Gasteiger partial charge is 0.377 e. The SMILES string of the molecule is CC1c2c([nH]c3ccccc3c2=O)C=C2C(=O)c3ccccc3NC21. The molecule has 0 saturated carbocycles. The number of carbonyl (C=O) groups excluding carboxylic acids is 1. The first-order chi connectivity index (χ1) is 12.1. The van der Waals surface area contributed by atoms with Crippen molar-refractivity contribution in [2.45, 2.75) is 18.9 Å². The number of rotatable bonds is 0. The smallest absolute Gasteiger partial charge is 0.193 e. The molecule has 2 N–H and O–H groups in total. The number of hydrogen-bond donors (Lipinski definition) is 2. The second kappa shape index (κ2) is 4.93. The van der Waals surface area contributed by atoms with Crippen molar-refractivity contribution in [2.24, 2.45) is 0 Å². The van der Waals surface area contributed by atoms with E-state index >= 15 is 0 Å². The lowest BCUT2D eigenvalue weighted by Crippen LogP contribution is -2.40. The number of nitrogens with one attached hydrogen (secondary N) is 2. The van der Waals surface area contributed by atoms with Gasteiger partial charge in [-0.3, -0.25) is 9.59 Å². The van der Waals surface area contributed by atoms with Crippen molar-refractivity contribution in [1.29, 1.82) is 0 Å². The fraction of sp³-hybridized carbons (Fsp3) is 0.143. The van der Waals surface area contributed by atoms with Gasteiger partial charge in [0.25, 0.3) is 0 Å². The fourth-order valence-corrected chi connectivity index (χ4v) is 4.06. The quantitative estimate of drug-likeness (QED) is 0.661. The van der Waals surface area contributed by atoms with Crippen LogP contribution < -0.4 is 10.7 Å². The highest BCUT2D eigenvalue weighted by Gasteiger charge is 2.38. The molecule has 25 heavy (non-hydrogen) atoms. The molecular weight excluding hydrogens is 312 g/mol. The van der Waals surface area contributed by atoms with Crippen LogP contribution in [0.2, 0.25) is 0 Å². The number of fused-ring (bicyclic) bond motifs is 4. The summed E-state index contributed by atoms with van der Waals surface area (Å²) in [5.74, 6) is -0.0634. The number of aromatic amines is 1. The molecule has 4 nitrogen and oxygen atoms in total. The molecule has 2 unspecified atom stereocenters. The van der Waals surface area contributed by atoms with Crippen LogP contribution in [0.1, 0.15) is 34.5 Å². The molecule has 0 saturated heterocycles. The minimum atomic E-state index is -0.183. The lowest BCUT2D eigenvalue weighted by molar-refractivity contribution is 0.102. The molecule has 1 aliphatic carbocycles. The first-order valence-corrected chi connectivity index (χ1v) is 8.42. The van der Waals surface area contributed by atoms with Gasteiger partial charge in [-0.05, 0) is 30.3 Å². The topological polar surface area (TPSA) is 62.0 Å².